The number of ketones is 2. The zero-order chi connectivity index (χ0) is 28.7. The first-order valence-electron chi connectivity index (χ1n) is 14.2. The number of fused-ring (bicyclic) bond motifs is 2. The van der Waals surface area contributed by atoms with Gasteiger partial charge in [-0.25, -0.2) is 8.42 Å². The Morgan fingerprint density at radius 2 is 1.27 bits per heavy atom. The molecule has 7 nitrogen and oxygen atoms in total. The van der Waals surface area contributed by atoms with Crippen molar-refractivity contribution in [2.75, 3.05) is 11.1 Å². The van der Waals surface area contributed by atoms with Gasteiger partial charge in [0.1, 0.15) is 10.1 Å². The van der Waals surface area contributed by atoms with E-state index in [4.69, 9.17) is 5.73 Å². The van der Waals surface area contributed by atoms with E-state index in [1.165, 1.54) is 69.4 Å². The molecular weight excluding hydrogens is 547 g/mol. The molecule has 1 aliphatic carbocycles. The van der Waals surface area contributed by atoms with Gasteiger partial charge in [0.05, 0.1) is 27.4 Å². The van der Waals surface area contributed by atoms with Gasteiger partial charge < -0.3 is 15.6 Å². The van der Waals surface area contributed by atoms with Gasteiger partial charge in [0.25, 0.3) is 0 Å². The van der Waals surface area contributed by atoms with Crippen LogP contribution >= 0.6 is 0 Å². The van der Waals surface area contributed by atoms with E-state index in [2.05, 4.69) is 12.2 Å². The van der Waals surface area contributed by atoms with E-state index >= 15 is 0 Å². The number of nitrogen functional groups attached to an aromatic ring is 1. The number of benzene rings is 3. The molecule has 0 atom stereocenters. The summed E-state index contributed by atoms with van der Waals surface area (Å²) >= 11 is 0. The summed E-state index contributed by atoms with van der Waals surface area (Å²) in [6, 6.07) is 15.0. The molecule has 0 saturated heterocycles. The molecule has 41 heavy (non-hydrogen) atoms. The van der Waals surface area contributed by atoms with Crippen molar-refractivity contribution in [1.82, 2.24) is 0 Å². The van der Waals surface area contributed by atoms with Gasteiger partial charge in [-0.05, 0) is 36.6 Å². The molecule has 3 aromatic rings. The molecule has 0 aromatic heterocycles. The summed E-state index contributed by atoms with van der Waals surface area (Å²) in [6.07, 6.45) is 13.7. The predicted octanol–water partition coefficient (Wildman–Crippen LogP) is 4.16. The van der Waals surface area contributed by atoms with E-state index in [0.717, 1.165) is 18.9 Å². The Hall–Kier alpha value is -2.49. The Morgan fingerprint density at radius 3 is 1.80 bits per heavy atom. The summed E-state index contributed by atoms with van der Waals surface area (Å²) in [5.41, 5.74) is 7.34. The van der Waals surface area contributed by atoms with Crippen LogP contribution in [0.1, 0.15) is 109 Å². The zero-order valence-corrected chi connectivity index (χ0v) is 26.8. The van der Waals surface area contributed by atoms with Crippen LogP contribution in [0.3, 0.4) is 0 Å². The Morgan fingerprint density at radius 1 is 0.756 bits per heavy atom. The third kappa shape index (κ3) is 8.08. The Labute approximate surface area is 265 Å². The van der Waals surface area contributed by atoms with E-state index in [9.17, 15) is 22.6 Å². The van der Waals surface area contributed by atoms with Gasteiger partial charge >= 0.3 is 29.6 Å². The van der Waals surface area contributed by atoms with Crippen LogP contribution in [0, 0.1) is 0 Å². The van der Waals surface area contributed by atoms with Crippen LogP contribution in [0.25, 0.3) is 0 Å². The largest absolute Gasteiger partial charge is 1.00 e. The number of hydrogen-bond acceptors (Lipinski definition) is 7. The van der Waals surface area contributed by atoms with Gasteiger partial charge in [0, 0.05) is 16.8 Å². The number of unbranched alkanes of at least 4 members (excludes halogenated alkanes) is 9. The molecule has 4 rings (SSSR count). The molecule has 212 valence electrons. The molecule has 0 radical (unpaired) electrons. The summed E-state index contributed by atoms with van der Waals surface area (Å²) in [7, 11) is -5.01. The van der Waals surface area contributed by atoms with Crippen molar-refractivity contribution in [3.8, 4) is 0 Å². The monoisotopic (exact) mass is 584 g/mol. The molecule has 0 fully saturated rings. The minimum atomic E-state index is -5.01. The average molecular weight is 585 g/mol. The molecule has 0 bridgehead atoms. The number of carbonyl (C=O) groups excluding carboxylic acids is 2. The van der Waals surface area contributed by atoms with Crippen molar-refractivity contribution in [1.29, 1.82) is 0 Å². The first-order valence-corrected chi connectivity index (χ1v) is 15.6. The van der Waals surface area contributed by atoms with E-state index in [0.29, 0.717) is 5.69 Å². The molecule has 0 aliphatic heterocycles. The SMILES string of the molecule is CCCCCCCCCCCCc1ccc(Nc2cc(S(=O)(=O)[O-])c(N)c3c2C(=O)c2ccccc2C3=O)cc1.[Na+]. The standard InChI is InChI=1S/C32H38N2O5S.Na/c1-2-3-4-5-6-7-8-9-10-11-14-22-17-19-23(20-18-22)34-26-21-27(40(37,38)39)30(33)29-28(26)31(35)24-15-12-13-16-25(24)32(29)36;/h12-13,15-21,34H,2-11,14,33H2,1H3,(H,37,38,39);/q;+1/p-1. The van der Waals surface area contributed by atoms with Crippen LogP contribution in [0.15, 0.2) is 59.5 Å². The molecule has 9 heteroatoms. The maximum absolute atomic E-state index is 13.4. The summed E-state index contributed by atoms with van der Waals surface area (Å²) in [6.45, 7) is 2.24. The van der Waals surface area contributed by atoms with Gasteiger partial charge in [-0.3, -0.25) is 9.59 Å². The third-order valence-corrected chi connectivity index (χ3v) is 8.40. The number of nitrogens with two attached hydrogens (primary N) is 1. The molecule has 0 spiro atoms. The minimum absolute atomic E-state index is 0. The molecule has 0 saturated carbocycles. The van der Waals surface area contributed by atoms with Crippen LogP contribution in [0.5, 0.6) is 0 Å². The van der Waals surface area contributed by atoms with Crippen LogP contribution in [-0.4, -0.2) is 24.5 Å². The molecule has 0 unspecified atom stereocenters. The summed E-state index contributed by atoms with van der Waals surface area (Å²) in [5.74, 6) is -1.06. The van der Waals surface area contributed by atoms with Crippen molar-refractivity contribution >= 4 is 38.7 Å². The maximum atomic E-state index is 13.4. The Bertz CT molecular complexity index is 1490. The van der Waals surface area contributed by atoms with Crippen molar-refractivity contribution in [3.63, 3.8) is 0 Å². The summed E-state index contributed by atoms with van der Waals surface area (Å²) < 4.78 is 36.0. The quantitative estimate of drug-likeness (QED) is 0.0986. The normalized spacial score (nSPS) is 12.4. The van der Waals surface area contributed by atoms with Gasteiger partial charge in [0.15, 0.2) is 11.6 Å². The molecule has 1 aliphatic rings. The van der Waals surface area contributed by atoms with E-state index in [1.54, 1.807) is 18.2 Å². The number of rotatable bonds is 14. The van der Waals surface area contributed by atoms with Gasteiger partial charge in [0.2, 0.25) is 0 Å². The molecule has 0 heterocycles. The second kappa shape index (κ2) is 15.1. The summed E-state index contributed by atoms with van der Waals surface area (Å²) in [5, 5.41) is 3.06. The van der Waals surface area contributed by atoms with Crippen molar-refractivity contribution in [2.45, 2.75) is 82.4 Å². The fraction of sp³-hybridized carbons (Fsp3) is 0.375. The maximum Gasteiger partial charge on any atom is 1.00 e. The second-order valence-electron chi connectivity index (χ2n) is 10.5. The first-order chi connectivity index (χ1) is 19.2. The fourth-order valence-corrected chi connectivity index (χ4v) is 5.96. The van der Waals surface area contributed by atoms with Crippen LogP contribution in [0.4, 0.5) is 17.1 Å². The van der Waals surface area contributed by atoms with Crippen LogP contribution in [-0.2, 0) is 16.5 Å². The average Bonchev–Trinajstić information content (AvgIpc) is 2.93. The number of aryl methyl sites for hydroxylation is 1. The molecule has 0 amide bonds. The molecule has 3 N–H and O–H groups in total. The van der Waals surface area contributed by atoms with Gasteiger partial charge in [-0.15, -0.1) is 0 Å². The zero-order valence-electron chi connectivity index (χ0n) is 24.0. The predicted molar refractivity (Wildman–Crippen MR) is 157 cm³/mol. The topological polar surface area (TPSA) is 129 Å². The van der Waals surface area contributed by atoms with E-state index in [-0.39, 0.29) is 57.5 Å². The smallest absolute Gasteiger partial charge is 0.744 e. The van der Waals surface area contributed by atoms with Crippen molar-refractivity contribution in [3.05, 3.63) is 82.4 Å². The van der Waals surface area contributed by atoms with Gasteiger partial charge in [-0.2, -0.15) is 0 Å². The van der Waals surface area contributed by atoms with Crippen LogP contribution in [0.2, 0.25) is 0 Å². The second-order valence-corrected chi connectivity index (χ2v) is 11.8. The van der Waals surface area contributed by atoms with Crippen molar-refractivity contribution in [2.24, 2.45) is 0 Å². The first kappa shape index (κ1) is 33.0. The van der Waals surface area contributed by atoms with E-state index < -0.39 is 32.3 Å². The Balaban J connectivity index is 0.00000462. The Kier molecular flexibility index (Phi) is 12.2. The number of nitrogens with one attached hydrogen (secondary N) is 1. The third-order valence-electron chi connectivity index (χ3n) is 7.52. The van der Waals surface area contributed by atoms with E-state index in [1.807, 2.05) is 24.3 Å². The number of hydrogen-bond donors (Lipinski definition) is 2. The molecular formula is C32H37N2NaO5S. The van der Waals surface area contributed by atoms with Crippen molar-refractivity contribution < 1.29 is 52.1 Å². The minimum Gasteiger partial charge on any atom is -0.744 e. The molecule has 3 aromatic carbocycles. The van der Waals surface area contributed by atoms with Gasteiger partial charge in [-0.1, -0.05) is 101 Å². The summed E-state index contributed by atoms with van der Waals surface area (Å²) in [4.78, 5) is 26.0. The fourth-order valence-electron chi connectivity index (χ4n) is 5.33. The number of carbonyl (C=O) groups is 2. The number of anilines is 3. The van der Waals surface area contributed by atoms with Crippen LogP contribution < -0.4 is 40.6 Å².